The Morgan fingerprint density at radius 3 is 2.59 bits per heavy atom. The highest BCUT2D eigenvalue weighted by molar-refractivity contribution is 5.78. The Kier molecular flexibility index (Phi) is 4.55. The smallest absolute Gasteiger partial charge is 0.323 e. The number of carboxylic acid groups (broad SMARTS) is 1. The summed E-state index contributed by atoms with van der Waals surface area (Å²) in [5.74, 6) is -0.752. The third kappa shape index (κ3) is 3.96. The lowest BCUT2D eigenvalue weighted by atomic mass is 9.93. The molecule has 1 saturated heterocycles. The van der Waals surface area contributed by atoms with Gasteiger partial charge in [0, 0.05) is 13.1 Å². The van der Waals surface area contributed by atoms with Crippen molar-refractivity contribution < 1.29 is 9.90 Å². The van der Waals surface area contributed by atoms with Crippen molar-refractivity contribution in [2.45, 2.75) is 46.1 Å². The minimum atomic E-state index is -0.790. The summed E-state index contributed by atoms with van der Waals surface area (Å²) in [6.07, 6.45) is 1.87. The van der Waals surface area contributed by atoms with E-state index in [1.807, 2.05) is 6.92 Å². The topological polar surface area (TPSA) is 52.6 Å². The molecule has 1 aliphatic heterocycles. The lowest BCUT2D eigenvalue weighted by molar-refractivity contribution is -0.144. The van der Waals surface area contributed by atoms with E-state index in [2.05, 4.69) is 24.1 Å². The van der Waals surface area contributed by atoms with Crippen LogP contribution >= 0.6 is 0 Å². The molecule has 100 valence electrons. The summed E-state index contributed by atoms with van der Waals surface area (Å²) < 4.78 is 0. The van der Waals surface area contributed by atoms with Gasteiger partial charge in [0.05, 0.1) is 0 Å². The maximum absolute atomic E-state index is 11.3. The largest absolute Gasteiger partial charge is 0.480 e. The van der Waals surface area contributed by atoms with E-state index in [9.17, 15) is 9.90 Å². The second-order valence-electron chi connectivity index (χ2n) is 6.11. The number of hydrogen-bond donors (Lipinski definition) is 2. The van der Waals surface area contributed by atoms with Crippen molar-refractivity contribution in [3.8, 4) is 0 Å². The van der Waals surface area contributed by atoms with Gasteiger partial charge in [-0.2, -0.15) is 0 Å². The van der Waals surface area contributed by atoms with Gasteiger partial charge in [0.25, 0.3) is 0 Å². The van der Waals surface area contributed by atoms with E-state index >= 15 is 0 Å². The van der Waals surface area contributed by atoms with E-state index < -0.39 is 11.5 Å². The molecule has 0 saturated carbocycles. The van der Waals surface area contributed by atoms with E-state index in [4.69, 9.17) is 0 Å². The Morgan fingerprint density at radius 1 is 1.53 bits per heavy atom. The molecule has 1 rings (SSSR count). The molecule has 0 aromatic carbocycles. The van der Waals surface area contributed by atoms with E-state index in [1.54, 1.807) is 6.92 Å². The summed E-state index contributed by atoms with van der Waals surface area (Å²) in [6, 6.07) is 0. The van der Waals surface area contributed by atoms with Crippen LogP contribution in [0.5, 0.6) is 0 Å². The highest BCUT2D eigenvalue weighted by Gasteiger charge is 2.34. The Labute approximate surface area is 104 Å². The van der Waals surface area contributed by atoms with Crippen LogP contribution in [-0.2, 0) is 4.79 Å². The van der Waals surface area contributed by atoms with Gasteiger partial charge in [-0.1, -0.05) is 20.8 Å². The molecule has 0 aromatic rings. The minimum absolute atomic E-state index is 0.387. The van der Waals surface area contributed by atoms with Crippen LogP contribution in [0.2, 0.25) is 0 Å². The van der Waals surface area contributed by atoms with Crippen LogP contribution in [0.1, 0.15) is 40.5 Å². The van der Waals surface area contributed by atoms with Crippen LogP contribution in [0.3, 0.4) is 0 Å². The maximum Gasteiger partial charge on any atom is 0.323 e. The Balaban J connectivity index is 2.46. The summed E-state index contributed by atoms with van der Waals surface area (Å²) in [5.41, 5.74) is -0.403. The third-order valence-electron chi connectivity index (χ3n) is 3.72. The molecule has 4 heteroatoms. The number of carbonyl (C=O) groups is 1. The molecule has 1 unspecified atom stereocenters. The van der Waals surface area contributed by atoms with Crippen molar-refractivity contribution in [3.63, 3.8) is 0 Å². The molecule has 2 N–H and O–H groups in total. The number of carboxylic acids is 1. The summed E-state index contributed by atoms with van der Waals surface area (Å²) >= 11 is 0. The molecule has 0 aliphatic carbocycles. The first-order valence-corrected chi connectivity index (χ1v) is 6.50. The molecule has 0 amide bonds. The van der Waals surface area contributed by atoms with Crippen LogP contribution in [0.25, 0.3) is 0 Å². The van der Waals surface area contributed by atoms with Gasteiger partial charge in [0.1, 0.15) is 5.54 Å². The van der Waals surface area contributed by atoms with Crippen LogP contribution in [0.4, 0.5) is 0 Å². The predicted octanol–water partition coefficient (Wildman–Crippen LogP) is 1.56. The zero-order valence-corrected chi connectivity index (χ0v) is 11.5. The zero-order chi connectivity index (χ0) is 13.1. The lowest BCUT2D eigenvalue weighted by Crippen LogP contribution is -2.51. The predicted molar refractivity (Wildman–Crippen MR) is 69.2 cm³/mol. The number of rotatable bonds is 6. The standard InChI is InChI=1S/C13H26N2O2/c1-5-14-13(4,11(16)17)7-9-15-8-6-12(2,3)10-15/h14H,5-10H2,1-4H3,(H,16,17). The van der Waals surface area contributed by atoms with Gasteiger partial charge in [-0.15, -0.1) is 0 Å². The quantitative estimate of drug-likeness (QED) is 0.742. The summed E-state index contributed by atoms with van der Waals surface area (Å²) in [7, 11) is 0. The number of likely N-dealkylation sites (tertiary alicyclic amines) is 1. The van der Waals surface area contributed by atoms with Gasteiger partial charge in [-0.25, -0.2) is 0 Å². The van der Waals surface area contributed by atoms with Crippen LogP contribution in [0.15, 0.2) is 0 Å². The summed E-state index contributed by atoms with van der Waals surface area (Å²) in [5, 5.41) is 12.3. The molecule has 17 heavy (non-hydrogen) atoms. The average molecular weight is 242 g/mol. The third-order valence-corrected chi connectivity index (χ3v) is 3.72. The first kappa shape index (κ1) is 14.5. The van der Waals surface area contributed by atoms with Crippen molar-refractivity contribution in [2.75, 3.05) is 26.2 Å². The highest BCUT2D eigenvalue weighted by Crippen LogP contribution is 2.29. The normalized spacial score (nSPS) is 23.5. The van der Waals surface area contributed by atoms with E-state index in [0.717, 1.165) is 19.6 Å². The number of aliphatic carboxylic acids is 1. The molecule has 1 heterocycles. The minimum Gasteiger partial charge on any atom is -0.480 e. The van der Waals surface area contributed by atoms with Gasteiger partial charge < -0.3 is 15.3 Å². The van der Waals surface area contributed by atoms with Gasteiger partial charge in [0.2, 0.25) is 0 Å². The highest BCUT2D eigenvalue weighted by atomic mass is 16.4. The molecule has 1 atom stereocenters. The molecule has 1 aliphatic rings. The number of likely N-dealkylation sites (N-methyl/N-ethyl adjacent to an activating group) is 1. The van der Waals surface area contributed by atoms with Crippen molar-refractivity contribution in [1.82, 2.24) is 10.2 Å². The molecular formula is C13H26N2O2. The van der Waals surface area contributed by atoms with Crippen molar-refractivity contribution in [1.29, 1.82) is 0 Å². The molecule has 0 radical (unpaired) electrons. The van der Waals surface area contributed by atoms with E-state index in [0.29, 0.717) is 18.4 Å². The zero-order valence-electron chi connectivity index (χ0n) is 11.5. The molecule has 1 fully saturated rings. The van der Waals surface area contributed by atoms with Crippen LogP contribution in [0, 0.1) is 5.41 Å². The number of nitrogens with zero attached hydrogens (tertiary/aromatic N) is 1. The van der Waals surface area contributed by atoms with Crippen molar-refractivity contribution in [2.24, 2.45) is 5.41 Å². The van der Waals surface area contributed by atoms with Crippen LogP contribution in [-0.4, -0.2) is 47.7 Å². The first-order valence-electron chi connectivity index (χ1n) is 6.50. The molecule has 4 nitrogen and oxygen atoms in total. The Hall–Kier alpha value is -0.610. The second-order valence-corrected chi connectivity index (χ2v) is 6.11. The monoisotopic (exact) mass is 242 g/mol. The molecule has 0 aromatic heterocycles. The fourth-order valence-electron chi connectivity index (χ4n) is 2.46. The first-order chi connectivity index (χ1) is 7.79. The van der Waals surface area contributed by atoms with E-state index in [1.165, 1.54) is 6.42 Å². The Bertz CT molecular complexity index is 279. The maximum atomic E-state index is 11.3. The van der Waals surface area contributed by atoms with Crippen LogP contribution < -0.4 is 5.32 Å². The molecule has 0 bridgehead atoms. The van der Waals surface area contributed by atoms with Gasteiger partial charge in [-0.3, -0.25) is 4.79 Å². The summed E-state index contributed by atoms with van der Waals surface area (Å²) in [6.45, 7) is 12.0. The van der Waals surface area contributed by atoms with E-state index in [-0.39, 0.29) is 0 Å². The SMILES string of the molecule is CCNC(C)(CCN1CCC(C)(C)C1)C(=O)O. The van der Waals surface area contributed by atoms with Gasteiger partial charge in [-0.05, 0) is 38.3 Å². The van der Waals surface area contributed by atoms with Crippen molar-refractivity contribution >= 4 is 5.97 Å². The number of hydrogen-bond acceptors (Lipinski definition) is 3. The molecular weight excluding hydrogens is 216 g/mol. The average Bonchev–Trinajstić information content (AvgIpc) is 2.56. The van der Waals surface area contributed by atoms with Crippen molar-refractivity contribution in [3.05, 3.63) is 0 Å². The van der Waals surface area contributed by atoms with Gasteiger partial charge in [0.15, 0.2) is 0 Å². The van der Waals surface area contributed by atoms with Gasteiger partial charge >= 0.3 is 5.97 Å². The Morgan fingerprint density at radius 2 is 2.18 bits per heavy atom. The summed E-state index contributed by atoms with van der Waals surface area (Å²) in [4.78, 5) is 13.6. The molecule has 0 spiro atoms. The number of nitrogens with one attached hydrogen (secondary N) is 1. The lowest BCUT2D eigenvalue weighted by Gasteiger charge is -2.28. The second kappa shape index (κ2) is 5.36. The fourth-order valence-corrected chi connectivity index (χ4v) is 2.46. The fraction of sp³-hybridized carbons (Fsp3) is 0.923.